The van der Waals surface area contributed by atoms with E-state index in [-0.39, 0.29) is 6.10 Å². The summed E-state index contributed by atoms with van der Waals surface area (Å²) < 4.78 is 11.7. The van der Waals surface area contributed by atoms with Crippen LogP contribution in [0.4, 0.5) is 0 Å². The van der Waals surface area contributed by atoms with Crippen LogP contribution in [0.1, 0.15) is 42.4 Å². The van der Waals surface area contributed by atoms with Gasteiger partial charge in [-0.25, -0.2) is 0 Å². The van der Waals surface area contributed by atoms with Crippen molar-refractivity contribution in [1.82, 2.24) is 0 Å². The van der Waals surface area contributed by atoms with Gasteiger partial charge in [-0.1, -0.05) is 12.1 Å². The number of aryl methyl sites for hydroxylation is 2. The van der Waals surface area contributed by atoms with Crippen LogP contribution in [0.3, 0.4) is 0 Å². The molecule has 0 radical (unpaired) electrons. The molecule has 0 heterocycles. The largest absolute Gasteiger partial charge is 0.490 e. The zero-order valence-corrected chi connectivity index (χ0v) is 12.2. The lowest BCUT2D eigenvalue weighted by Gasteiger charge is -2.29. The molecule has 0 aliphatic heterocycles. The lowest BCUT2D eigenvalue weighted by atomic mass is 9.94. The molecule has 2 unspecified atom stereocenters. The highest BCUT2D eigenvalue weighted by Crippen LogP contribution is 2.30. The normalized spacial score (nSPS) is 23.4. The zero-order chi connectivity index (χ0) is 13.8. The van der Waals surface area contributed by atoms with Crippen LogP contribution in [0.5, 0.6) is 5.75 Å². The molecule has 1 aliphatic rings. The van der Waals surface area contributed by atoms with E-state index in [1.165, 1.54) is 23.1 Å². The summed E-state index contributed by atoms with van der Waals surface area (Å²) in [5.74, 6) is 1.03. The van der Waals surface area contributed by atoms with Crippen molar-refractivity contribution in [3.05, 3.63) is 28.8 Å². The maximum atomic E-state index is 6.23. The second kappa shape index (κ2) is 6.40. The second-order valence-corrected chi connectivity index (χ2v) is 5.53. The van der Waals surface area contributed by atoms with Crippen molar-refractivity contribution in [1.29, 1.82) is 0 Å². The molecule has 0 spiro atoms. The monoisotopic (exact) mass is 263 g/mol. The van der Waals surface area contributed by atoms with Crippen LogP contribution < -0.4 is 10.5 Å². The average molecular weight is 263 g/mol. The SMILES string of the molecule is COC1CCCC(Oc2c(C)cc(CN)cc2C)C1. The molecule has 1 fully saturated rings. The van der Waals surface area contributed by atoms with E-state index in [2.05, 4.69) is 26.0 Å². The molecule has 106 valence electrons. The highest BCUT2D eigenvalue weighted by atomic mass is 16.5. The van der Waals surface area contributed by atoms with Gasteiger partial charge in [-0.05, 0) is 49.8 Å². The van der Waals surface area contributed by atoms with Gasteiger partial charge in [0.05, 0.1) is 6.10 Å². The summed E-state index contributed by atoms with van der Waals surface area (Å²) in [5, 5.41) is 0. The Morgan fingerprint density at radius 2 is 1.79 bits per heavy atom. The van der Waals surface area contributed by atoms with Crippen LogP contribution in [0, 0.1) is 13.8 Å². The Morgan fingerprint density at radius 3 is 2.37 bits per heavy atom. The number of hydrogen-bond acceptors (Lipinski definition) is 3. The minimum Gasteiger partial charge on any atom is -0.490 e. The first-order valence-corrected chi connectivity index (χ1v) is 7.13. The van der Waals surface area contributed by atoms with Gasteiger partial charge in [0, 0.05) is 20.1 Å². The van der Waals surface area contributed by atoms with E-state index < -0.39 is 0 Å². The summed E-state index contributed by atoms with van der Waals surface area (Å²) >= 11 is 0. The van der Waals surface area contributed by atoms with Crippen molar-refractivity contribution in [3.63, 3.8) is 0 Å². The van der Waals surface area contributed by atoms with Gasteiger partial charge in [0.25, 0.3) is 0 Å². The molecule has 0 bridgehead atoms. The van der Waals surface area contributed by atoms with E-state index >= 15 is 0 Å². The van der Waals surface area contributed by atoms with Gasteiger partial charge in [0.2, 0.25) is 0 Å². The van der Waals surface area contributed by atoms with Crippen LogP contribution in [0.2, 0.25) is 0 Å². The van der Waals surface area contributed by atoms with Gasteiger partial charge >= 0.3 is 0 Å². The number of methoxy groups -OCH3 is 1. The summed E-state index contributed by atoms with van der Waals surface area (Å²) in [4.78, 5) is 0. The number of ether oxygens (including phenoxy) is 2. The molecule has 0 amide bonds. The standard InChI is InChI=1S/C16H25NO2/c1-11-7-13(10-17)8-12(2)16(11)19-15-6-4-5-14(9-15)18-3/h7-8,14-15H,4-6,9-10,17H2,1-3H3. The Balaban J connectivity index is 2.10. The van der Waals surface area contributed by atoms with E-state index in [4.69, 9.17) is 15.2 Å². The predicted octanol–water partition coefficient (Wildman–Crippen LogP) is 3.10. The van der Waals surface area contributed by atoms with Crippen LogP contribution >= 0.6 is 0 Å². The molecule has 2 rings (SSSR count). The minimum absolute atomic E-state index is 0.278. The number of rotatable bonds is 4. The quantitative estimate of drug-likeness (QED) is 0.908. The van der Waals surface area contributed by atoms with Crippen molar-refractivity contribution in [2.45, 2.75) is 58.3 Å². The van der Waals surface area contributed by atoms with Gasteiger partial charge in [-0.3, -0.25) is 0 Å². The molecule has 1 aromatic rings. The number of hydrogen-bond donors (Lipinski definition) is 1. The summed E-state index contributed by atoms with van der Waals surface area (Å²) in [5.41, 5.74) is 9.23. The van der Waals surface area contributed by atoms with Crippen LogP contribution in [-0.4, -0.2) is 19.3 Å². The fraction of sp³-hybridized carbons (Fsp3) is 0.625. The van der Waals surface area contributed by atoms with Gasteiger partial charge in [0.15, 0.2) is 0 Å². The number of benzene rings is 1. The van der Waals surface area contributed by atoms with Crippen molar-refractivity contribution >= 4 is 0 Å². The van der Waals surface area contributed by atoms with E-state index in [0.29, 0.717) is 12.6 Å². The van der Waals surface area contributed by atoms with Crippen LogP contribution in [-0.2, 0) is 11.3 Å². The molecule has 2 N–H and O–H groups in total. The fourth-order valence-electron chi connectivity index (χ4n) is 2.93. The van der Waals surface area contributed by atoms with E-state index in [9.17, 15) is 0 Å². The molecule has 1 saturated carbocycles. The first-order chi connectivity index (χ1) is 9.13. The van der Waals surface area contributed by atoms with Crippen LogP contribution in [0.15, 0.2) is 12.1 Å². The third-order valence-corrected chi connectivity index (χ3v) is 3.95. The molecule has 2 atom stereocenters. The van der Waals surface area contributed by atoms with Crippen molar-refractivity contribution in [3.8, 4) is 5.75 Å². The first kappa shape index (κ1) is 14.4. The lowest BCUT2D eigenvalue weighted by Crippen LogP contribution is -2.29. The van der Waals surface area contributed by atoms with E-state index in [0.717, 1.165) is 25.0 Å². The zero-order valence-electron chi connectivity index (χ0n) is 12.2. The molecule has 3 heteroatoms. The maximum Gasteiger partial charge on any atom is 0.125 e. The third-order valence-electron chi connectivity index (χ3n) is 3.95. The predicted molar refractivity (Wildman–Crippen MR) is 77.5 cm³/mol. The molecular formula is C16H25NO2. The second-order valence-electron chi connectivity index (χ2n) is 5.53. The molecule has 1 aromatic carbocycles. The molecule has 1 aliphatic carbocycles. The van der Waals surface area contributed by atoms with Gasteiger partial charge in [0.1, 0.15) is 11.9 Å². The Morgan fingerprint density at radius 1 is 1.16 bits per heavy atom. The minimum atomic E-state index is 0.278. The highest BCUT2D eigenvalue weighted by molar-refractivity contribution is 5.43. The van der Waals surface area contributed by atoms with E-state index in [1.807, 2.05) is 0 Å². The Labute approximate surface area is 116 Å². The summed E-state index contributed by atoms with van der Waals surface area (Å²) in [7, 11) is 1.79. The third kappa shape index (κ3) is 3.48. The Kier molecular flexibility index (Phi) is 4.83. The highest BCUT2D eigenvalue weighted by Gasteiger charge is 2.24. The summed E-state index contributed by atoms with van der Waals surface area (Å²) in [6.07, 6.45) is 5.08. The number of nitrogens with two attached hydrogens (primary N) is 1. The van der Waals surface area contributed by atoms with Crippen LogP contribution in [0.25, 0.3) is 0 Å². The van der Waals surface area contributed by atoms with Crippen molar-refractivity contribution < 1.29 is 9.47 Å². The Hall–Kier alpha value is -1.06. The summed E-state index contributed by atoms with van der Waals surface area (Å²) in [6.45, 7) is 4.77. The molecule has 19 heavy (non-hydrogen) atoms. The van der Waals surface area contributed by atoms with Crippen molar-refractivity contribution in [2.75, 3.05) is 7.11 Å². The van der Waals surface area contributed by atoms with Gasteiger partial charge in [-0.15, -0.1) is 0 Å². The fourth-order valence-corrected chi connectivity index (χ4v) is 2.93. The van der Waals surface area contributed by atoms with E-state index in [1.54, 1.807) is 7.11 Å². The van der Waals surface area contributed by atoms with Crippen molar-refractivity contribution in [2.24, 2.45) is 5.73 Å². The first-order valence-electron chi connectivity index (χ1n) is 7.13. The summed E-state index contributed by atoms with van der Waals surface area (Å²) in [6, 6.07) is 4.25. The molecule has 0 aromatic heterocycles. The Bertz CT molecular complexity index is 408. The molecule has 3 nitrogen and oxygen atoms in total. The molecular weight excluding hydrogens is 238 g/mol. The van der Waals surface area contributed by atoms with Gasteiger partial charge in [-0.2, -0.15) is 0 Å². The topological polar surface area (TPSA) is 44.5 Å². The lowest BCUT2D eigenvalue weighted by molar-refractivity contribution is 0.0205. The van der Waals surface area contributed by atoms with Gasteiger partial charge < -0.3 is 15.2 Å². The smallest absolute Gasteiger partial charge is 0.125 e. The molecule has 0 saturated heterocycles. The average Bonchev–Trinajstić information content (AvgIpc) is 2.42. The maximum absolute atomic E-state index is 6.23.